The van der Waals surface area contributed by atoms with E-state index in [0.29, 0.717) is 0 Å². The van der Waals surface area contributed by atoms with Gasteiger partial charge in [0.25, 0.3) is 0 Å². The first-order valence-electron chi connectivity index (χ1n) is 5.77. The molecule has 0 aliphatic heterocycles. The molecule has 1 aromatic heterocycles. The average molecular weight is 221 g/mol. The SMILES string of the molecule is CC.CC.Cc1ccc2cnc(F)cc2c1. The first-order chi connectivity index (χ1) is 7.75. The number of hydrogen-bond donors (Lipinski definition) is 0. The van der Waals surface area contributed by atoms with Crippen LogP contribution in [0, 0.1) is 12.9 Å². The van der Waals surface area contributed by atoms with Gasteiger partial charge in [-0.3, -0.25) is 0 Å². The Bertz CT molecular complexity index is 387. The molecule has 0 saturated carbocycles. The van der Waals surface area contributed by atoms with Gasteiger partial charge in [0.1, 0.15) is 0 Å². The second kappa shape index (κ2) is 7.80. The van der Waals surface area contributed by atoms with Gasteiger partial charge in [-0.25, -0.2) is 4.98 Å². The van der Waals surface area contributed by atoms with E-state index in [1.165, 1.54) is 6.07 Å². The lowest BCUT2D eigenvalue weighted by atomic mass is 10.1. The molecule has 0 atom stereocenters. The van der Waals surface area contributed by atoms with Gasteiger partial charge >= 0.3 is 0 Å². The van der Waals surface area contributed by atoms with Crippen LogP contribution in [0.15, 0.2) is 30.5 Å². The molecule has 1 nitrogen and oxygen atoms in total. The summed E-state index contributed by atoms with van der Waals surface area (Å²) in [6.45, 7) is 9.98. The van der Waals surface area contributed by atoms with Crippen LogP contribution in [0.1, 0.15) is 33.3 Å². The lowest BCUT2D eigenvalue weighted by Gasteiger charge is -1.97. The number of pyridine rings is 1. The van der Waals surface area contributed by atoms with Crippen molar-refractivity contribution in [3.63, 3.8) is 0 Å². The summed E-state index contributed by atoms with van der Waals surface area (Å²) >= 11 is 0. The van der Waals surface area contributed by atoms with Crippen molar-refractivity contribution >= 4 is 10.8 Å². The Kier molecular flexibility index (Phi) is 7.10. The van der Waals surface area contributed by atoms with E-state index >= 15 is 0 Å². The maximum Gasteiger partial charge on any atom is 0.213 e. The maximum atomic E-state index is 12.7. The van der Waals surface area contributed by atoms with Crippen molar-refractivity contribution < 1.29 is 4.39 Å². The largest absolute Gasteiger partial charge is 0.228 e. The van der Waals surface area contributed by atoms with Crippen molar-refractivity contribution in [2.75, 3.05) is 0 Å². The fourth-order valence-electron chi connectivity index (χ4n) is 1.23. The van der Waals surface area contributed by atoms with Gasteiger partial charge in [0.05, 0.1) is 0 Å². The predicted molar refractivity (Wildman–Crippen MR) is 69.1 cm³/mol. The molecule has 0 spiro atoms. The Balaban J connectivity index is 0.000000509. The molecule has 0 unspecified atom stereocenters. The summed E-state index contributed by atoms with van der Waals surface area (Å²) in [6.07, 6.45) is 1.55. The smallest absolute Gasteiger partial charge is 0.213 e. The van der Waals surface area contributed by atoms with Gasteiger partial charge in [0.2, 0.25) is 5.95 Å². The number of fused-ring (bicyclic) bond motifs is 1. The maximum absolute atomic E-state index is 12.7. The lowest BCUT2D eigenvalue weighted by Crippen LogP contribution is -1.82. The second-order valence-corrected chi connectivity index (χ2v) is 2.86. The Morgan fingerprint density at radius 3 is 2.19 bits per heavy atom. The number of nitrogens with zero attached hydrogens (tertiary/aromatic N) is 1. The van der Waals surface area contributed by atoms with Crippen LogP contribution in [-0.2, 0) is 0 Å². The molecule has 1 aromatic carbocycles. The summed E-state index contributed by atoms with van der Waals surface area (Å²) in [5, 5.41) is 1.88. The summed E-state index contributed by atoms with van der Waals surface area (Å²) in [7, 11) is 0. The highest BCUT2D eigenvalue weighted by atomic mass is 19.1. The normalized spacial score (nSPS) is 8.62. The molecule has 0 fully saturated rings. The summed E-state index contributed by atoms with van der Waals surface area (Å²) < 4.78 is 12.7. The van der Waals surface area contributed by atoms with Crippen LogP contribution in [0.5, 0.6) is 0 Å². The van der Waals surface area contributed by atoms with Gasteiger partial charge in [0, 0.05) is 17.6 Å². The molecule has 2 rings (SSSR count). The van der Waals surface area contributed by atoms with Gasteiger partial charge in [-0.1, -0.05) is 51.5 Å². The van der Waals surface area contributed by atoms with Gasteiger partial charge in [-0.2, -0.15) is 4.39 Å². The molecular formula is C14H20FN. The molecule has 0 amide bonds. The topological polar surface area (TPSA) is 12.9 Å². The van der Waals surface area contributed by atoms with E-state index in [4.69, 9.17) is 0 Å². The van der Waals surface area contributed by atoms with Crippen LogP contribution in [0.3, 0.4) is 0 Å². The number of aromatic nitrogens is 1. The minimum Gasteiger partial charge on any atom is -0.228 e. The molecule has 0 saturated heterocycles. The van der Waals surface area contributed by atoms with Crippen molar-refractivity contribution in [1.82, 2.24) is 4.98 Å². The van der Waals surface area contributed by atoms with Crippen LogP contribution in [0.2, 0.25) is 0 Å². The minimum absolute atomic E-state index is 0.423. The predicted octanol–water partition coefficient (Wildman–Crippen LogP) is 4.73. The van der Waals surface area contributed by atoms with E-state index in [9.17, 15) is 4.39 Å². The minimum atomic E-state index is -0.423. The quantitative estimate of drug-likeness (QED) is 0.586. The van der Waals surface area contributed by atoms with Crippen LogP contribution in [-0.4, -0.2) is 4.98 Å². The zero-order chi connectivity index (χ0) is 12.6. The molecule has 0 N–H and O–H groups in total. The first kappa shape index (κ1) is 14.6. The third kappa shape index (κ3) is 3.97. The molecule has 0 bridgehead atoms. The van der Waals surface area contributed by atoms with E-state index in [1.807, 2.05) is 52.8 Å². The lowest BCUT2D eigenvalue weighted by molar-refractivity contribution is 0.586. The van der Waals surface area contributed by atoms with Crippen LogP contribution < -0.4 is 0 Å². The van der Waals surface area contributed by atoms with Gasteiger partial charge in [0.15, 0.2) is 0 Å². The molecule has 1 heterocycles. The number of benzene rings is 1. The molecule has 2 heteroatoms. The average Bonchev–Trinajstić information content (AvgIpc) is 2.33. The van der Waals surface area contributed by atoms with Gasteiger partial charge in [-0.15, -0.1) is 0 Å². The molecule has 16 heavy (non-hydrogen) atoms. The van der Waals surface area contributed by atoms with Crippen LogP contribution in [0.25, 0.3) is 10.8 Å². The van der Waals surface area contributed by atoms with E-state index < -0.39 is 5.95 Å². The highest BCUT2D eigenvalue weighted by molar-refractivity contribution is 5.82. The zero-order valence-electron chi connectivity index (χ0n) is 10.7. The first-order valence-corrected chi connectivity index (χ1v) is 5.77. The van der Waals surface area contributed by atoms with Crippen molar-refractivity contribution in [2.24, 2.45) is 0 Å². The van der Waals surface area contributed by atoms with E-state index in [-0.39, 0.29) is 0 Å². The fourth-order valence-corrected chi connectivity index (χ4v) is 1.23. The molecule has 2 aromatic rings. The molecule has 0 aliphatic rings. The summed E-state index contributed by atoms with van der Waals surface area (Å²) in [5.41, 5.74) is 1.13. The van der Waals surface area contributed by atoms with Gasteiger partial charge in [-0.05, 0) is 12.3 Å². The number of rotatable bonds is 0. The highest BCUT2D eigenvalue weighted by Crippen LogP contribution is 2.14. The standard InChI is InChI=1S/C10H8FN.2C2H6/c1-7-2-3-8-6-12-10(11)5-9(8)4-7;2*1-2/h2-6H,1H3;2*1-2H3. The zero-order valence-corrected chi connectivity index (χ0v) is 10.7. The Morgan fingerprint density at radius 2 is 1.56 bits per heavy atom. The molecule has 0 aliphatic carbocycles. The highest BCUT2D eigenvalue weighted by Gasteiger charge is 1.95. The summed E-state index contributed by atoms with van der Waals surface area (Å²) in [6, 6.07) is 7.32. The number of aryl methyl sites for hydroxylation is 1. The molecular weight excluding hydrogens is 201 g/mol. The molecule has 0 radical (unpaired) electrons. The summed E-state index contributed by atoms with van der Waals surface area (Å²) in [4.78, 5) is 3.57. The number of hydrogen-bond acceptors (Lipinski definition) is 1. The van der Waals surface area contributed by atoms with Crippen LogP contribution in [0.4, 0.5) is 4.39 Å². The second-order valence-electron chi connectivity index (χ2n) is 2.86. The monoisotopic (exact) mass is 221 g/mol. The molecule has 88 valence electrons. The van der Waals surface area contributed by atoms with Crippen LogP contribution >= 0.6 is 0 Å². The van der Waals surface area contributed by atoms with E-state index in [2.05, 4.69) is 4.98 Å². The third-order valence-electron chi connectivity index (χ3n) is 1.84. The van der Waals surface area contributed by atoms with Crippen molar-refractivity contribution in [2.45, 2.75) is 34.6 Å². The Hall–Kier alpha value is -1.44. The van der Waals surface area contributed by atoms with Gasteiger partial charge < -0.3 is 0 Å². The van der Waals surface area contributed by atoms with E-state index in [1.54, 1.807) is 6.20 Å². The summed E-state index contributed by atoms with van der Waals surface area (Å²) in [5.74, 6) is -0.423. The Labute approximate surface area is 97.3 Å². The van der Waals surface area contributed by atoms with E-state index in [0.717, 1.165) is 16.3 Å². The van der Waals surface area contributed by atoms with Crippen molar-refractivity contribution in [3.05, 3.63) is 42.0 Å². The van der Waals surface area contributed by atoms with Crippen molar-refractivity contribution in [1.29, 1.82) is 0 Å². The Morgan fingerprint density at radius 1 is 0.938 bits per heavy atom. The third-order valence-corrected chi connectivity index (χ3v) is 1.84. The number of halogens is 1. The van der Waals surface area contributed by atoms with Crippen molar-refractivity contribution in [3.8, 4) is 0 Å². The fraction of sp³-hybridized carbons (Fsp3) is 0.357.